The third-order valence-electron chi connectivity index (χ3n) is 4.52. The Labute approximate surface area is 108 Å². The summed E-state index contributed by atoms with van der Waals surface area (Å²) in [6, 6.07) is 2.26. The Morgan fingerprint density at radius 3 is 2.83 bits per heavy atom. The summed E-state index contributed by atoms with van der Waals surface area (Å²) in [5, 5.41) is 0. The lowest BCUT2D eigenvalue weighted by molar-refractivity contribution is 0.0680. The summed E-state index contributed by atoms with van der Waals surface area (Å²) in [6.07, 6.45) is 8.05. The smallest absolute Gasteiger partial charge is 0.270 e. The summed E-state index contributed by atoms with van der Waals surface area (Å²) in [5.41, 5.74) is 7.14. The van der Waals surface area contributed by atoms with Crippen LogP contribution in [0.3, 0.4) is 0 Å². The van der Waals surface area contributed by atoms with Crippen LogP contribution in [0.15, 0.2) is 12.3 Å². The van der Waals surface area contributed by atoms with Crippen molar-refractivity contribution in [2.45, 2.75) is 38.1 Å². The number of nitrogens with two attached hydrogens (primary N) is 1. The maximum Gasteiger partial charge on any atom is 0.270 e. The van der Waals surface area contributed by atoms with E-state index in [1.807, 2.05) is 17.8 Å². The zero-order valence-electron chi connectivity index (χ0n) is 10.9. The SMILES string of the molecule is Cn1cc(N)cc1C(=O)N1CCC2CCCCC21. The van der Waals surface area contributed by atoms with E-state index in [1.54, 1.807) is 6.07 Å². The van der Waals surface area contributed by atoms with Gasteiger partial charge in [-0.1, -0.05) is 12.8 Å². The van der Waals surface area contributed by atoms with Gasteiger partial charge in [-0.25, -0.2) is 0 Å². The number of carbonyl (C=O) groups excluding carboxylic acids is 1. The zero-order chi connectivity index (χ0) is 12.7. The fourth-order valence-electron chi connectivity index (χ4n) is 3.61. The molecule has 1 aromatic heterocycles. The monoisotopic (exact) mass is 247 g/mol. The molecule has 1 aromatic rings. The van der Waals surface area contributed by atoms with Crippen LogP contribution < -0.4 is 5.73 Å². The second kappa shape index (κ2) is 4.34. The van der Waals surface area contributed by atoms with Crippen molar-refractivity contribution in [3.63, 3.8) is 0 Å². The lowest BCUT2D eigenvalue weighted by Gasteiger charge is -2.31. The number of hydrogen-bond acceptors (Lipinski definition) is 2. The average Bonchev–Trinajstić information content (AvgIpc) is 2.92. The number of nitrogen functional groups attached to an aromatic ring is 1. The third kappa shape index (κ3) is 1.80. The Balaban J connectivity index is 1.82. The molecule has 4 heteroatoms. The van der Waals surface area contributed by atoms with Gasteiger partial charge >= 0.3 is 0 Å². The van der Waals surface area contributed by atoms with Crippen molar-refractivity contribution in [2.75, 3.05) is 12.3 Å². The van der Waals surface area contributed by atoms with Gasteiger partial charge in [-0.05, 0) is 31.2 Å². The number of carbonyl (C=O) groups is 1. The quantitative estimate of drug-likeness (QED) is 0.825. The van der Waals surface area contributed by atoms with E-state index in [2.05, 4.69) is 4.90 Å². The van der Waals surface area contributed by atoms with Crippen molar-refractivity contribution in [3.8, 4) is 0 Å². The fraction of sp³-hybridized carbons (Fsp3) is 0.643. The molecule has 0 spiro atoms. The van der Waals surface area contributed by atoms with Gasteiger partial charge in [0.05, 0.1) is 5.69 Å². The summed E-state index contributed by atoms with van der Waals surface area (Å²) >= 11 is 0. The standard InChI is InChI=1S/C14H21N3O/c1-16-9-11(15)8-13(16)14(18)17-7-6-10-4-2-3-5-12(10)17/h8-10,12H,2-7,15H2,1H3. The maximum absolute atomic E-state index is 12.6. The highest BCUT2D eigenvalue weighted by molar-refractivity contribution is 5.94. The second-order valence-corrected chi connectivity index (χ2v) is 5.67. The summed E-state index contributed by atoms with van der Waals surface area (Å²) < 4.78 is 1.84. The molecule has 3 rings (SSSR count). The molecule has 2 atom stereocenters. The summed E-state index contributed by atoms with van der Waals surface area (Å²) in [6.45, 7) is 0.916. The van der Waals surface area contributed by atoms with E-state index in [9.17, 15) is 4.79 Å². The Kier molecular flexibility index (Phi) is 2.80. The lowest BCUT2D eigenvalue weighted by atomic mass is 9.85. The Morgan fingerprint density at radius 2 is 2.11 bits per heavy atom. The van der Waals surface area contributed by atoms with Gasteiger partial charge in [0.2, 0.25) is 0 Å². The predicted octanol–water partition coefficient (Wildman–Crippen LogP) is 2.01. The van der Waals surface area contributed by atoms with Gasteiger partial charge in [0.25, 0.3) is 5.91 Å². The lowest BCUT2D eigenvalue weighted by Crippen LogP contribution is -2.39. The van der Waals surface area contributed by atoms with Gasteiger partial charge in [0.1, 0.15) is 5.69 Å². The first-order chi connectivity index (χ1) is 8.66. The number of hydrogen-bond donors (Lipinski definition) is 1. The molecule has 1 aliphatic heterocycles. The molecular formula is C14H21N3O. The van der Waals surface area contributed by atoms with Gasteiger partial charge in [-0.2, -0.15) is 0 Å². The van der Waals surface area contributed by atoms with Gasteiger partial charge < -0.3 is 15.2 Å². The summed E-state index contributed by atoms with van der Waals surface area (Å²) in [7, 11) is 1.89. The zero-order valence-corrected chi connectivity index (χ0v) is 10.9. The highest BCUT2D eigenvalue weighted by Crippen LogP contribution is 2.36. The number of likely N-dealkylation sites (tertiary alicyclic amines) is 1. The maximum atomic E-state index is 12.6. The van der Waals surface area contributed by atoms with Gasteiger partial charge in [0, 0.05) is 25.8 Å². The Bertz CT molecular complexity index is 466. The van der Waals surface area contributed by atoms with E-state index < -0.39 is 0 Å². The Hall–Kier alpha value is -1.45. The molecule has 2 N–H and O–H groups in total. The van der Waals surface area contributed by atoms with E-state index in [0.29, 0.717) is 11.7 Å². The van der Waals surface area contributed by atoms with Crippen LogP contribution in [0.4, 0.5) is 5.69 Å². The molecular weight excluding hydrogens is 226 g/mol. The predicted molar refractivity (Wildman–Crippen MR) is 71.2 cm³/mol. The van der Waals surface area contributed by atoms with Crippen molar-refractivity contribution in [1.82, 2.24) is 9.47 Å². The highest BCUT2D eigenvalue weighted by atomic mass is 16.2. The first kappa shape index (κ1) is 11.6. The molecule has 1 aliphatic carbocycles. The molecule has 1 saturated heterocycles. The number of aromatic nitrogens is 1. The van der Waals surface area contributed by atoms with Crippen LogP contribution in [-0.2, 0) is 7.05 Å². The van der Waals surface area contributed by atoms with E-state index in [-0.39, 0.29) is 5.91 Å². The molecule has 2 heterocycles. The number of rotatable bonds is 1. The molecule has 0 bridgehead atoms. The van der Waals surface area contributed by atoms with Crippen molar-refractivity contribution in [2.24, 2.45) is 13.0 Å². The van der Waals surface area contributed by atoms with Crippen LogP contribution in [-0.4, -0.2) is 28.0 Å². The molecule has 4 nitrogen and oxygen atoms in total. The first-order valence-corrected chi connectivity index (χ1v) is 6.89. The largest absolute Gasteiger partial charge is 0.397 e. The molecule has 18 heavy (non-hydrogen) atoms. The molecule has 98 valence electrons. The normalized spacial score (nSPS) is 27.3. The number of fused-ring (bicyclic) bond motifs is 1. The van der Waals surface area contributed by atoms with Crippen molar-refractivity contribution < 1.29 is 4.79 Å². The van der Waals surface area contributed by atoms with E-state index in [0.717, 1.165) is 18.2 Å². The average molecular weight is 247 g/mol. The van der Waals surface area contributed by atoms with E-state index >= 15 is 0 Å². The third-order valence-corrected chi connectivity index (χ3v) is 4.52. The van der Waals surface area contributed by atoms with Crippen molar-refractivity contribution in [1.29, 1.82) is 0 Å². The summed E-state index contributed by atoms with van der Waals surface area (Å²) in [5.74, 6) is 0.893. The molecule has 2 fully saturated rings. The molecule has 2 unspecified atom stereocenters. The van der Waals surface area contributed by atoms with Crippen LogP contribution in [0, 0.1) is 5.92 Å². The molecule has 1 amide bonds. The molecule has 0 aromatic carbocycles. The van der Waals surface area contributed by atoms with Crippen molar-refractivity contribution in [3.05, 3.63) is 18.0 Å². The van der Waals surface area contributed by atoms with Gasteiger partial charge in [0.15, 0.2) is 0 Å². The minimum atomic E-state index is 0.156. The van der Waals surface area contributed by atoms with Crippen molar-refractivity contribution >= 4 is 11.6 Å². The van der Waals surface area contributed by atoms with Gasteiger partial charge in [-0.15, -0.1) is 0 Å². The number of aryl methyl sites for hydroxylation is 1. The molecule has 0 radical (unpaired) electrons. The highest BCUT2D eigenvalue weighted by Gasteiger charge is 2.38. The first-order valence-electron chi connectivity index (χ1n) is 6.89. The van der Waals surface area contributed by atoms with Gasteiger partial charge in [-0.3, -0.25) is 4.79 Å². The van der Waals surface area contributed by atoms with E-state index in [1.165, 1.54) is 32.1 Å². The minimum absolute atomic E-state index is 0.156. The second-order valence-electron chi connectivity index (χ2n) is 5.67. The molecule has 1 saturated carbocycles. The number of anilines is 1. The molecule has 2 aliphatic rings. The van der Waals surface area contributed by atoms with Crippen LogP contribution >= 0.6 is 0 Å². The fourth-order valence-corrected chi connectivity index (χ4v) is 3.61. The van der Waals surface area contributed by atoms with Crippen LogP contribution in [0.2, 0.25) is 0 Å². The van der Waals surface area contributed by atoms with Crippen LogP contribution in [0.5, 0.6) is 0 Å². The number of nitrogens with zero attached hydrogens (tertiary/aromatic N) is 2. The minimum Gasteiger partial charge on any atom is -0.397 e. The van der Waals surface area contributed by atoms with Crippen LogP contribution in [0.25, 0.3) is 0 Å². The summed E-state index contributed by atoms with van der Waals surface area (Å²) in [4.78, 5) is 14.7. The van der Waals surface area contributed by atoms with Crippen LogP contribution in [0.1, 0.15) is 42.6 Å². The number of amides is 1. The topological polar surface area (TPSA) is 51.3 Å². The Morgan fingerprint density at radius 1 is 1.33 bits per heavy atom. The van der Waals surface area contributed by atoms with E-state index in [4.69, 9.17) is 5.73 Å².